The van der Waals surface area contributed by atoms with Gasteiger partial charge in [-0.15, -0.1) is 11.8 Å². The molecule has 0 aliphatic heterocycles. The van der Waals surface area contributed by atoms with E-state index < -0.39 is 0 Å². The highest BCUT2D eigenvalue weighted by atomic mass is 32.2. The number of oxazole rings is 1. The van der Waals surface area contributed by atoms with Gasteiger partial charge in [0.2, 0.25) is 0 Å². The molecule has 0 aliphatic carbocycles. The fourth-order valence-electron chi connectivity index (χ4n) is 2.23. The van der Waals surface area contributed by atoms with Gasteiger partial charge in [-0.2, -0.15) is 5.26 Å². The molecule has 0 aliphatic rings. The van der Waals surface area contributed by atoms with E-state index in [0.717, 1.165) is 16.6 Å². The first kappa shape index (κ1) is 18.8. The molecule has 0 amide bonds. The third-order valence-electron chi connectivity index (χ3n) is 3.77. The van der Waals surface area contributed by atoms with E-state index in [4.69, 9.17) is 15.4 Å². The lowest BCUT2D eigenvalue weighted by molar-refractivity contribution is 0.528. The van der Waals surface area contributed by atoms with Gasteiger partial charge in [0.15, 0.2) is 5.58 Å². The van der Waals surface area contributed by atoms with Crippen molar-refractivity contribution in [2.24, 2.45) is 12.8 Å². The number of nitrogens with zero attached hydrogens (tertiary/aromatic N) is 2. The molecule has 1 atom stereocenters. The number of benzene rings is 2. The van der Waals surface area contributed by atoms with Gasteiger partial charge in [0.05, 0.1) is 23.4 Å². The molecular formula is C19H21N3O2S. The van der Waals surface area contributed by atoms with E-state index >= 15 is 0 Å². The summed E-state index contributed by atoms with van der Waals surface area (Å²) in [6.07, 6.45) is 2.34. The second kappa shape index (κ2) is 8.56. The van der Waals surface area contributed by atoms with Crippen LogP contribution in [0.5, 0.6) is 0 Å². The molecule has 25 heavy (non-hydrogen) atoms. The molecule has 0 spiro atoms. The highest BCUT2D eigenvalue weighted by Crippen LogP contribution is 2.24. The van der Waals surface area contributed by atoms with Crippen LogP contribution in [-0.2, 0) is 7.05 Å². The molecule has 0 fully saturated rings. The molecule has 130 valence electrons. The van der Waals surface area contributed by atoms with Gasteiger partial charge < -0.3 is 10.2 Å². The Kier molecular flexibility index (Phi) is 6.45. The van der Waals surface area contributed by atoms with Crippen molar-refractivity contribution in [3.05, 3.63) is 58.6 Å². The fraction of sp³-hybridized carbons (Fsp3) is 0.263. The summed E-state index contributed by atoms with van der Waals surface area (Å²) in [6, 6.07) is 16.1. The van der Waals surface area contributed by atoms with Gasteiger partial charge in [-0.05, 0) is 36.4 Å². The molecule has 2 aromatic carbocycles. The average Bonchev–Trinajstić information content (AvgIpc) is 2.90. The summed E-state index contributed by atoms with van der Waals surface area (Å²) in [4.78, 5) is 11.4. The average molecular weight is 355 g/mol. The predicted octanol–water partition coefficient (Wildman–Crippen LogP) is 3.65. The Hall–Kier alpha value is -2.49. The molecule has 0 saturated heterocycles. The van der Waals surface area contributed by atoms with E-state index in [-0.39, 0.29) is 11.1 Å². The molecule has 1 heterocycles. The van der Waals surface area contributed by atoms with Crippen LogP contribution in [0.3, 0.4) is 0 Å². The van der Waals surface area contributed by atoms with Crippen molar-refractivity contribution in [2.45, 2.75) is 18.7 Å². The molecule has 0 bridgehead atoms. The van der Waals surface area contributed by atoms with Gasteiger partial charge in [0, 0.05) is 7.05 Å². The number of aryl methyl sites for hydroxylation is 2. The summed E-state index contributed by atoms with van der Waals surface area (Å²) in [5.74, 6) is -0.328. The van der Waals surface area contributed by atoms with Crippen molar-refractivity contribution >= 4 is 22.9 Å². The lowest BCUT2D eigenvalue weighted by Gasteiger charge is -2.02. The lowest BCUT2D eigenvalue weighted by Crippen LogP contribution is -2.12. The molecule has 1 unspecified atom stereocenters. The summed E-state index contributed by atoms with van der Waals surface area (Å²) in [6.45, 7) is 2.06. The Morgan fingerprint density at radius 1 is 1.24 bits per heavy atom. The Bertz CT molecular complexity index is 936. The highest BCUT2D eigenvalue weighted by molar-refractivity contribution is 7.99. The van der Waals surface area contributed by atoms with Crippen LogP contribution >= 0.6 is 11.8 Å². The molecule has 1 aromatic heterocycles. The SMILES string of the molecule is CSC(N)CC#N.Cc1ccc(-c2ccc3oc(=O)n(C)c3c2)cc1. The minimum atomic E-state index is -0.328. The summed E-state index contributed by atoms with van der Waals surface area (Å²) in [5.41, 5.74) is 10.2. The quantitative estimate of drug-likeness (QED) is 0.725. The molecule has 2 N–H and O–H groups in total. The van der Waals surface area contributed by atoms with Crippen LogP contribution in [0.15, 0.2) is 51.7 Å². The number of fused-ring (bicyclic) bond motifs is 1. The van der Waals surface area contributed by atoms with Crippen LogP contribution in [-0.4, -0.2) is 16.2 Å². The van der Waals surface area contributed by atoms with Gasteiger partial charge in [-0.1, -0.05) is 35.9 Å². The smallest absolute Gasteiger partial charge is 0.408 e. The third kappa shape index (κ3) is 4.75. The standard InChI is InChI=1S/C15H13NO2.C4H8N2S/c1-10-3-5-11(6-4-10)12-7-8-14-13(9-12)16(2)15(17)18-14;1-7-4(6)2-3-5/h3-9H,1-2H3;4H,2,6H2,1H3. The first-order valence-electron chi connectivity index (χ1n) is 7.78. The van der Waals surface area contributed by atoms with Crippen molar-refractivity contribution in [2.75, 3.05) is 6.26 Å². The fourth-order valence-corrected chi connectivity index (χ4v) is 2.47. The Balaban J connectivity index is 0.000000277. The number of nitrogens with two attached hydrogens (primary N) is 1. The maximum atomic E-state index is 11.4. The molecule has 6 heteroatoms. The minimum absolute atomic E-state index is 0.00463. The summed E-state index contributed by atoms with van der Waals surface area (Å²) >= 11 is 1.50. The van der Waals surface area contributed by atoms with Gasteiger partial charge in [0.1, 0.15) is 0 Å². The number of hydrogen-bond donors (Lipinski definition) is 1. The summed E-state index contributed by atoms with van der Waals surface area (Å²) in [5, 5.41) is 8.03. The topological polar surface area (TPSA) is 85.0 Å². The van der Waals surface area contributed by atoms with Crippen molar-refractivity contribution in [3.63, 3.8) is 0 Å². The molecule has 0 radical (unpaired) electrons. The van der Waals surface area contributed by atoms with Gasteiger partial charge in [-0.3, -0.25) is 4.57 Å². The van der Waals surface area contributed by atoms with E-state index in [9.17, 15) is 4.79 Å². The van der Waals surface area contributed by atoms with Crippen LogP contribution in [0.25, 0.3) is 22.2 Å². The normalized spacial score (nSPS) is 11.5. The van der Waals surface area contributed by atoms with E-state index in [1.54, 1.807) is 7.05 Å². The zero-order valence-electron chi connectivity index (χ0n) is 14.5. The molecule has 3 aromatic rings. The second-order valence-corrected chi connectivity index (χ2v) is 6.69. The summed E-state index contributed by atoms with van der Waals surface area (Å²) < 4.78 is 6.64. The van der Waals surface area contributed by atoms with E-state index in [1.165, 1.54) is 21.9 Å². The number of aromatic nitrogens is 1. The van der Waals surface area contributed by atoms with Crippen molar-refractivity contribution < 1.29 is 4.42 Å². The maximum Gasteiger partial charge on any atom is 0.419 e. The highest BCUT2D eigenvalue weighted by Gasteiger charge is 2.07. The first-order valence-corrected chi connectivity index (χ1v) is 9.07. The largest absolute Gasteiger partial charge is 0.419 e. The molecule has 0 saturated carbocycles. The second-order valence-electron chi connectivity index (χ2n) is 5.61. The maximum absolute atomic E-state index is 11.4. The predicted molar refractivity (Wildman–Crippen MR) is 103 cm³/mol. The number of thioether (sulfide) groups is 1. The number of hydrogen-bond acceptors (Lipinski definition) is 5. The zero-order chi connectivity index (χ0) is 18.4. The Morgan fingerprint density at radius 3 is 2.44 bits per heavy atom. The number of rotatable bonds is 3. The molecule has 5 nitrogen and oxygen atoms in total. The van der Waals surface area contributed by atoms with Crippen LogP contribution in [0.4, 0.5) is 0 Å². The Morgan fingerprint density at radius 2 is 1.88 bits per heavy atom. The molecular weight excluding hydrogens is 334 g/mol. The van der Waals surface area contributed by atoms with Crippen LogP contribution in [0.1, 0.15) is 12.0 Å². The van der Waals surface area contributed by atoms with Crippen molar-refractivity contribution in [1.29, 1.82) is 5.26 Å². The van der Waals surface area contributed by atoms with E-state index in [2.05, 4.69) is 31.2 Å². The zero-order valence-corrected chi connectivity index (χ0v) is 15.3. The van der Waals surface area contributed by atoms with Gasteiger partial charge in [-0.25, -0.2) is 4.79 Å². The van der Waals surface area contributed by atoms with Crippen molar-refractivity contribution in [1.82, 2.24) is 4.57 Å². The van der Waals surface area contributed by atoms with E-state index in [1.807, 2.05) is 30.5 Å². The Labute approximate surface area is 151 Å². The lowest BCUT2D eigenvalue weighted by atomic mass is 10.0. The van der Waals surface area contributed by atoms with Crippen molar-refractivity contribution in [3.8, 4) is 17.2 Å². The van der Waals surface area contributed by atoms with Gasteiger partial charge >= 0.3 is 5.76 Å². The van der Waals surface area contributed by atoms with Crippen LogP contribution < -0.4 is 11.5 Å². The van der Waals surface area contributed by atoms with Crippen LogP contribution in [0, 0.1) is 18.3 Å². The monoisotopic (exact) mass is 355 g/mol. The van der Waals surface area contributed by atoms with E-state index in [0.29, 0.717) is 12.0 Å². The van der Waals surface area contributed by atoms with Gasteiger partial charge in [0.25, 0.3) is 0 Å². The molecule has 3 rings (SSSR count). The first-order chi connectivity index (χ1) is 12.0. The summed E-state index contributed by atoms with van der Waals surface area (Å²) in [7, 11) is 1.72. The third-order valence-corrected chi connectivity index (χ3v) is 4.54. The number of nitriles is 1. The minimum Gasteiger partial charge on any atom is -0.408 e. The van der Waals surface area contributed by atoms with Crippen LogP contribution in [0.2, 0.25) is 0 Å².